The molecule has 1 N–H and O–H groups in total. The fraction of sp³-hybridized carbons (Fsp3) is 0.500. The van der Waals surface area contributed by atoms with Crippen LogP contribution in [-0.4, -0.2) is 47.5 Å². The molecule has 20 heavy (non-hydrogen) atoms. The number of nitrogens with one attached hydrogen (secondary N) is 1. The molecule has 6 nitrogen and oxygen atoms in total. The molecule has 3 rings (SSSR count). The van der Waals surface area contributed by atoms with Gasteiger partial charge in [-0.25, -0.2) is 4.98 Å². The molecule has 0 aliphatic carbocycles. The van der Waals surface area contributed by atoms with Gasteiger partial charge in [-0.05, 0) is 17.5 Å². The van der Waals surface area contributed by atoms with E-state index in [0.717, 1.165) is 5.56 Å². The van der Waals surface area contributed by atoms with E-state index in [-0.39, 0.29) is 24.3 Å². The van der Waals surface area contributed by atoms with Gasteiger partial charge in [0.1, 0.15) is 11.9 Å². The normalized spacial score (nSPS) is 22.1. The number of ether oxygens (including phenoxy) is 1. The number of anilines is 1. The maximum atomic E-state index is 12.6. The van der Waals surface area contributed by atoms with Crippen molar-refractivity contribution in [3.05, 3.63) is 23.4 Å². The zero-order chi connectivity index (χ0) is 14.3. The van der Waals surface area contributed by atoms with Crippen LogP contribution in [-0.2, 0) is 9.53 Å². The van der Waals surface area contributed by atoms with Gasteiger partial charge in [0, 0.05) is 12.7 Å². The maximum Gasteiger partial charge on any atom is 0.258 e. The third-order valence-corrected chi connectivity index (χ3v) is 3.74. The maximum absolute atomic E-state index is 12.6. The first kappa shape index (κ1) is 13.1. The van der Waals surface area contributed by atoms with E-state index in [1.807, 2.05) is 19.9 Å². The second kappa shape index (κ2) is 4.86. The first-order chi connectivity index (χ1) is 9.58. The number of pyridine rings is 1. The van der Waals surface area contributed by atoms with Crippen LogP contribution in [0, 0.1) is 0 Å². The first-order valence-electron chi connectivity index (χ1n) is 6.77. The molecule has 1 fully saturated rings. The fourth-order valence-electron chi connectivity index (χ4n) is 2.48. The highest BCUT2D eigenvalue weighted by atomic mass is 16.5. The van der Waals surface area contributed by atoms with Gasteiger partial charge in [-0.15, -0.1) is 0 Å². The Labute approximate surface area is 117 Å². The Morgan fingerprint density at radius 1 is 1.45 bits per heavy atom. The zero-order valence-corrected chi connectivity index (χ0v) is 11.5. The number of fused-ring (bicyclic) bond motifs is 2. The Morgan fingerprint density at radius 3 is 3.00 bits per heavy atom. The Morgan fingerprint density at radius 2 is 2.25 bits per heavy atom. The van der Waals surface area contributed by atoms with Crippen molar-refractivity contribution < 1.29 is 14.3 Å². The molecule has 1 aromatic heterocycles. The molecule has 0 spiro atoms. The average molecular weight is 275 g/mol. The standard InChI is InChI=1S/C14H17N3O3/c1-8(2)9-5-10-12(15-6-9)16-13(18)11-7-20-4-3-17(11)14(10)19/h5-6,8,11H,3-4,7H2,1-2H3,(H,15,16,18)/t11-/m1/s1. The van der Waals surface area contributed by atoms with Crippen molar-refractivity contribution in [3.63, 3.8) is 0 Å². The minimum absolute atomic E-state index is 0.151. The molecule has 0 radical (unpaired) electrons. The highest BCUT2D eigenvalue weighted by Crippen LogP contribution is 2.26. The molecule has 2 aliphatic rings. The van der Waals surface area contributed by atoms with Crippen LogP contribution in [0.15, 0.2) is 12.3 Å². The second-order valence-corrected chi connectivity index (χ2v) is 5.40. The average Bonchev–Trinajstić information content (AvgIpc) is 2.56. The minimum atomic E-state index is -0.562. The molecular weight excluding hydrogens is 258 g/mol. The van der Waals surface area contributed by atoms with Gasteiger partial charge in [-0.3, -0.25) is 9.59 Å². The molecule has 0 unspecified atom stereocenters. The van der Waals surface area contributed by atoms with Crippen molar-refractivity contribution in [2.75, 3.05) is 25.1 Å². The lowest BCUT2D eigenvalue weighted by Crippen LogP contribution is -2.52. The minimum Gasteiger partial charge on any atom is -0.377 e. The molecule has 2 amide bonds. The van der Waals surface area contributed by atoms with Crippen LogP contribution in [0.3, 0.4) is 0 Å². The van der Waals surface area contributed by atoms with Gasteiger partial charge in [-0.1, -0.05) is 13.8 Å². The van der Waals surface area contributed by atoms with Crippen LogP contribution >= 0.6 is 0 Å². The molecule has 0 saturated carbocycles. The Hall–Kier alpha value is -1.95. The van der Waals surface area contributed by atoms with Crippen molar-refractivity contribution in [2.45, 2.75) is 25.8 Å². The highest BCUT2D eigenvalue weighted by molar-refractivity contribution is 6.09. The number of rotatable bonds is 1. The molecule has 0 bridgehead atoms. The number of hydrogen-bond donors (Lipinski definition) is 1. The summed E-state index contributed by atoms with van der Waals surface area (Å²) >= 11 is 0. The van der Waals surface area contributed by atoms with E-state index in [1.165, 1.54) is 0 Å². The largest absolute Gasteiger partial charge is 0.377 e. The summed E-state index contributed by atoms with van der Waals surface area (Å²) in [5, 5.41) is 2.73. The Kier molecular flexibility index (Phi) is 3.17. The van der Waals surface area contributed by atoms with Gasteiger partial charge in [0.25, 0.3) is 11.8 Å². The quantitative estimate of drug-likeness (QED) is 0.830. The van der Waals surface area contributed by atoms with Crippen molar-refractivity contribution in [1.29, 1.82) is 0 Å². The second-order valence-electron chi connectivity index (χ2n) is 5.40. The van der Waals surface area contributed by atoms with E-state index in [4.69, 9.17) is 4.74 Å². The van der Waals surface area contributed by atoms with Gasteiger partial charge in [0.2, 0.25) is 0 Å². The van der Waals surface area contributed by atoms with Crippen molar-refractivity contribution in [2.24, 2.45) is 0 Å². The molecule has 3 heterocycles. The molecule has 6 heteroatoms. The topological polar surface area (TPSA) is 71.5 Å². The van der Waals surface area contributed by atoms with Gasteiger partial charge >= 0.3 is 0 Å². The van der Waals surface area contributed by atoms with Gasteiger partial charge < -0.3 is 15.0 Å². The summed E-state index contributed by atoms with van der Waals surface area (Å²) in [5.74, 6) is 0.238. The molecular formula is C14H17N3O3. The summed E-state index contributed by atoms with van der Waals surface area (Å²) < 4.78 is 5.30. The highest BCUT2D eigenvalue weighted by Gasteiger charge is 2.38. The van der Waals surface area contributed by atoms with Crippen LogP contribution < -0.4 is 5.32 Å². The van der Waals surface area contributed by atoms with E-state index < -0.39 is 6.04 Å². The Bertz CT molecular complexity index is 571. The number of morpholine rings is 1. The van der Waals surface area contributed by atoms with Crippen molar-refractivity contribution in [1.82, 2.24) is 9.88 Å². The van der Waals surface area contributed by atoms with Crippen LogP contribution in [0.5, 0.6) is 0 Å². The van der Waals surface area contributed by atoms with E-state index in [9.17, 15) is 9.59 Å². The fourth-order valence-corrected chi connectivity index (χ4v) is 2.48. The van der Waals surface area contributed by atoms with Gasteiger partial charge in [0.05, 0.1) is 18.8 Å². The van der Waals surface area contributed by atoms with E-state index in [0.29, 0.717) is 24.5 Å². The molecule has 0 aromatic carbocycles. The molecule has 1 atom stereocenters. The monoisotopic (exact) mass is 275 g/mol. The smallest absolute Gasteiger partial charge is 0.258 e. The lowest BCUT2D eigenvalue weighted by molar-refractivity contribution is -0.125. The number of carbonyl (C=O) groups excluding carboxylic acids is 2. The van der Waals surface area contributed by atoms with Crippen LogP contribution in [0.4, 0.5) is 5.82 Å². The molecule has 1 aromatic rings. The predicted octanol–water partition coefficient (Wildman–Crippen LogP) is 0.998. The summed E-state index contributed by atoms with van der Waals surface area (Å²) in [7, 11) is 0. The summed E-state index contributed by atoms with van der Waals surface area (Å²) in [6, 6.07) is 1.26. The molecule has 1 saturated heterocycles. The summed E-state index contributed by atoms with van der Waals surface area (Å²) in [5.41, 5.74) is 1.45. The summed E-state index contributed by atoms with van der Waals surface area (Å²) in [6.07, 6.45) is 1.71. The number of amides is 2. The Balaban J connectivity index is 2.06. The van der Waals surface area contributed by atoms with Gasteiger partial charge in [0.15, 0.2) is 0 Å². The number of hydrogen-bond acceptors (Lipinski definition) is 4. The van der Waals surface area contributed by atoms with Gasteiger partial charge in [-0.2, -0.15) is 0 Å². The van der Waals surface area contributed by atoms with Crippen LogP contribution in [0.1, 0.15) is 35.7 Å². The molecule has 2 aliphatic heterocycles. The van der Waals surface area contributed by atoms with Crippen LogP contribution in [0.2, 0.25) is 0 Å². The predicted molar refractivity (Wildman–Crippen MR) is 72.6 cm³/mol. The lowest BCUT2D eigenvalue weighted by Gasteiger charge is -2.32. The zero-order valence-electron chi connectivity index (χ0n) is 11.5. The lowest BCUT2D eigenvalue weighted by atomic mass is 10.0. The van der Waals surface area contributed by atoms with Crippen LogP contribution in [0.25, 0.3) is 0 Å². The summed E-state index contributed by atoms with van der Waals surface area (Å²) in [4.78, 5) is 30.6. The first-order valence-corrected chi connectivity index (χ1v) is 6.77. The van der Waals surface area contributed by atoms with Crippen molar-refractivity contribution >= 4 is 17.6 Å². The number of carbonyl (C=O) groups is 2. The summed E-state index contributed by atoms with van der Waals surface area (Å²) in [6.45, 7) is 5.22. The SMILES string of the molecule is CC(C)c1cnc2c(c1)C(=O)N1CCOC[C@@H]1C(=O)N2. The van der Waals surface area contributed by atoms with E-state index in [1.54, 1.807) is 11.1 Å². The van der Waals surface area contributed by atoms with E-state index >= 15 is 0 Å². The van der Waals surface area contributed by atoms with E-state index in [2.05, 4.69) is 10.3 Å². The molecule has 106 valence electrons. The third kappa shape index (κ3) is 2.06. The number of nitrogens with zero attached hydrogens (tertiary/aromatic N) is 2. The van der Waals surface area contributed by atoms with Crippen molar-refractivity contribution in [3.8, 4) is 0 Å². The number of aromatic nitrogens is 1. The third-order valence-electron chi connectivity index (χ3n) is 3.74.